The summed E-state index contributed by atoms with van der Waals surface area (Å²) in [4.78, 5) is 10.9. The third-order valence-electron chi connectivity index (χ3n) is 6.53. The van der Waals surface area contributed by atoms with Gasteiger partial charge in [0.1, 0.15) is 5.75 Å². The van der Waals surface area contributed by atoms with E-state index in [0.29, 0.717) is 16.4 Å². The summed E-state index contributed by atoms with van der Waals surface area (Å²) in [6.07, 6.45) is 4.06. The van der Waals surface area contributed by atoms with Gasteiger partial charge >= 0.3 is 0 Å². The van der Waals surface area contributed by atoms with Crippen LogP contribution in [0.3, 0.4) is 0 Å². The van der Waals surface area contributed by atoms with Crippen molar-refractivity contribution >= 4 is 16.2 Å². The Balaban J connectivity index is 1.96. The Labute approximate surface area is 180 Å². The van der Waals surface area contributed by atoms with Gasteiger partial charge in [0, 0.05) is 17.5 Å². The van der Waals surface area contributed by atoms with Crippen molar-refractivity contribution in [2.75, 3.05) is 0 Å². The highest BCUT2D eigenvalue weighted by Gasteiger charge is 2.45. The number of nitro groups is 1. The summed E-state index contributed by atoms with van der Waals surface area (Å²) in [6.45, 7) is 2.22. The standard InChI is InChI=1S/C25H27NO3Si/c1-2-16-25(20-9-11-21(12-10-20)26(27)28)23(18-6-4-3-5-7-18)14-8-19-17-22(29-30)13-15-24(19)25/h3-7,9-13,15,17,23H,2,8,14,16H2,1,30H3. The van der Waals surface area contributed by atoms with Gasteiger partial charge in [-0.25, -0.2) is 0 Å². The highest BCUT2D eigenvalue weighted by Crippen LogP contribution is 2.54. The number of aryl methyl sites for hydroxylation is 1. The van der Waals surface area contributed by atoms with Crippen LogP contribution in [0, 0.1) is 10.1 Å². The average Bonchev–Trinajstić information content (AvgIpc) is 2.79. The Hall–Kier alpha value is -2.92. The Morgan fingerprint density at radius 1 is 1.10 bits per heavy atom. The fraction of sp³-hybridized carbons (Fsp3) is 0.280. The second-order valence-electron chi connectivity index (χ2n) is 8.05. The number of hydrogen-bond donors (Lipinski definition) is 0. The first-order valence-electron chi connectivity index (χ1n) is 10.6. The maximum atomic E-state index is 11.2. The first kappa shape index (κ1) is 20.4. The van der Waals surface area contributed by atoms with Gasteiger partial charge in [0.05, 0.1) is 4.92 Å². The molecular weight excluding hydrogens is 390 g/mol. The Morgan fingerprint density at radius 2 is 1.83 bits per heavy atom. The Bertz CT molecular complexity index is 1040. The van der Waals surface area contributed by atoms with Gasteiger partial charge in [-0.05, 0) is 59.6 Å². The van der Waals surface area contributed by atoms with E-state index in [4.69, 9.17) is 4.43 Å². The topological polar surface area (TPSA) is 52.4 Å². The molecule has 0 fully saturated rings. The van der Waals surface area contributed by atoms with Crippen molar-refractivity contribution in [1.29, 1.82) is 0 Å². The predicted molar refractivity (Wildman–Crippen MR) is 123 cm³/mol. The summed E-state index contributed by atoms with van der Waals surface area (Å²) in [5.41, 5.74) is 5.07. The lowest BCUT2D eigenvalue weighted by Gasteiger charge is -2.47. The van der Waals surface area contributed by atoms with Crippen molar-refractivity contribution in [1.82, 2.24) is 0 Å². The molecule has 0 aromatic heterocycles. The second-order valence-corrected chi connectivity index (χ2v) is 8.46. The van der Waals surface area contributed by atoms with Gasteiger partial charge in [-0.2, -0.15) is 0 Å². The predicted octanol–water partition coefficient (Wildman–Crippen LogP) is 5.07. The monoisotopic (exact) mass is 417 g/mol. The number of nitrogens with zero attached hydrogens (tertiary/aromatic N) is 1. The van der Waals surface area contributed by atoms with Crippen LogP contribution in [0.1, 0.15) is 54.4 Å². The van der Waals surface area contributed by atoms with Crippen LogP contribution in [0.4, 0.5) is 5.69 Å². The van der Waals surface area contributed by atoms with E-state index in [0.717, 1.165) is 37.0 Å². The molecule has 0 amide bonds. The smallest absolute Gasteiger partial charge is 0.269 e. The normalized spacial score (nSPS) is 20.5. The largest absolute Gasteiger partial charge is 0.553 e. The van der Waals surface area contributed by atoms with Crippen LogP contribution in [0.2, 0.25) is 0 Å². The molecule has 5 heteroatoms. The molecular formula is C25H27NO3Si. The fourth-order valence-electron chi connectivity index (χ4n) is 5.29. The number of rotatable bonds is 6. The third-order valence-corrected chi connectivity index (χ3v) is 7.00. The van der Waals surface area contributed by atoms with E-state index in [1.54, 1.807) is 12.1 Å². The van der Waals surface area contributed by atoms with Crippen molar-refractivity contribution in [3.63, 3.8) is 0 Å². The molecule has 2 unspecified atom stereocenters. The molecule has 1 aliphatic rings. The van der Waals surface area contributed by atoms with Crippen molar-refractivity contribution in [3.8, 4) is 5.75 Å². The molecule has 154 valence electrons. The summed E-state index contributed by atoms with van der Waals surface area (Å²) in [6, 6.07) is 24.5. The van der Waals surface area contributed by atoms with Crippen molar-refractivity contribution in [2.24, 2.45) is 0 Å². The van der Waals surface area contributed by atoms with E-state index in [-0.39, 0.29) is 16.0 Å². The number of non-ortho nitro benzene ring substituents is 1. The molecule has 3 aromatic rings. The fourth-order valence-corrected chi connectivity index (χ4v) is 5.55. The highest BCUT2D eigenvalue weighted by atomic mass is 28.2. The minimum absolute atomic E-state index is 0.136. The molecule has 0 radical (unpaired) electrons. The van der Waals surface area contributed by atoms with E-state index in [2.05, 4.69) is 55.5 Å². The first-order valence-corrected chi connectivity index (χ1v) is 11.4. The molecule has 0 saturated heterocycles. The first-order chi connectivity index (χ1) is 14.6. The van der Waals surface area contributed by atoms with Crippen LogP contribution in [0.5, 0.6) is 5.75 Å². The summed E-state index contributed by atoms with van der Waals surface area (Å²) in [5.74, 6) is 1.25. The van der Waals surface area contributed by atoms with Gasteiger partial charge in [0.25, 0.3) is 5.69 Å². The molecule has 3 aromatic carbocycles. The minimum atomic E-state index is -0.325. The zero-order valence-electron chi connectivity index (χ0n) is 17.5. The van der Waals surface area contributed by atoms with Gasteiger partial charge in [-0.15, -0.1) is 0 Å². The molecule has 0 saturated carbocycles. The molecule has 2 atom stereocenters. The summed E-state index contributed by atoms with van der Waals surface area (Å²) < 4.78 is 5.63. The Morgan fingerprint density at radius 3 is 2.47 bits per heavy atom. The Kier molecular flexibility index (Phi) is 5.73. The van der Waals surface area contributed by atoms with E-state index < -0.39 is 0 Å². The van der Waals surface area contributed by atoms with Gasteiger partial charge in [0.15, 0.2) is 0 Å². The molecule has 0 aliphatic heterocycles. The molecule has 0 bridgehead atoms. The molecule has 0 heterocycles. The van der Waals surface area contributed by atoms with E-state index in [9.17, 15) is 10.1 Å². The minimum Gasteiger partial charge on any atom is -0.553 e. The average molecular weight is 418 g/mol. The van der Waals surface area contributed by atoms with Crippen molar-refractivity contribution in [3.05, 3.63) is 105 Å². The van der Waals surface area contributed by atoms with E-state index in [1.165, 1.54) is 16.7 Å². The van der Waals surface area contributed by atoms with Gasteiger partial charge in [0.2, 0.25) is 10.5 Å². The number of nitro benzene ring substituents is 1. The lowest BCUT2D eigenvalue weighted by molar-refractivity contribution is -0.384. The lowest BCUT2D eigenvalue weighted by atomic mass is 9.56. The van der Waals surface area contributed by atoms with E-state index >= 15 is 0 Å². The summed E-state index contributed by atoms with van der Waals surface area (Å²) in [7, 11) is 0.668. The molecule has 0 N–H and O–H groups in total. The van der Waals surface area contributed by atoms with E-state index in [1.807, 2.05) is 12.1 Å². The third kappa shape index (κ3) is 3.43. The van der Waals surface area contributed by atoms with Crippen molar-refractivity contribution < 1.29 is 9.35 Å². The quantitative estimate of drug-likeness (QED) is 0.320. The number of hydrogen-bond acceptors (Lipinski definition) is 3. The zero-order chi connectivity index (χ0) is 21.1. The van der Waals surface area contributed by atoms with Crippen LogP contribution in [0.25, 0.3) is 0 Å². The highest BCUT2D eigenvalue weighted by molar-refractivity contribution is 6.00. The molecule has 30 heavy (non-hydrogen) atoms. The van der Waals surface area contributed by atoms with Gasteiger partial charge in [-0.1, -0.05) is 61.9 Å². The van der Waals surface area contributed by atoms with Crippen LogP contribution < -0.4 is 4.43 Å². The van der Waals surface area contributed by atoms with Crippen molar-refractivity contribution in [2.45, 2.75) is 43.9 Å². The second kappa shape index (κ2) is 8.44. The van der Waals surface area contributed by atoms with Crippen LogP contribution in [-0.2, 0) is 11.8 Å². The van der Waals surface area contributed by atoms with Gasteiger partial charge < -0.3 is 4.43 Å². The number of fused-ring (bicyclic) bond motifs is 1. The summed E-state index contributed by atoms with van der Waals surface area (Å²) >= 11 is 0. The molecule has 4 nitrogen and oxygen atoms in total. The van der Waals surface area contributed by atoms with Crippen LogP contribution in [-0.4, -0.2) is 15.4 Å². The maximum absolute atomic E-state index is 11.2. The SMILES string of the molecule is CCCC1(c2ccc([N+](=O)[O-])cc2)c2ccc(O[SiH3])cc2CCC1c1ccccc1. The molecule has 0 spiro atoms. The molecule has 1 aliphatic carbocycles. The lowest BCUT2D eigenvalue weighted by Crippen LogP contribution is -2.39. The van der Waals surface area contributed by atoms with Crippen LogP contribution in [0.15, 0.2) is 72.8 Å². The summed E-state index contributed by atoms with van der Waals surface area (Å²) in [5, 5.41) is 11.2. The maximum Gasteiger partial charge on any atom is 0.269 e. The van der Waals surface area contributed by atoms with Crippen LogP contribution >= 0.6 is 0 Å². The van der Waals surface area contributed by atoms with Gasteiger partial charge in [-0.3, -0.25) is 10.1 Å². The number of benzene rings is 3. The zero-order valence-corrected chi connectivity index (χ0v) is 19.5. The molecule has 4 rings (SSSR count).